The first kappa shape index (κ1) is 18.4. The van der Waals surface area contributed by atoms with Gasteiger partial charge < -0.3 is 15.0 Å². The first-order valence-electron chi connectivity index (χ1n) is 11.5. The predicted octanol–water partition coefficient (Wildman–Crippen LogP) is 3.61. The van der Waals surface area contributed by atoms with Crippen molar-refractivity contribution < 1.29 is 14.3 Å². The normalized spacial score (nSPS) is 29.1. The number of piperidine rings is 1. The molecule has 29 heavy (non-hydrogen) atoms. The van der Waals surface area contributed by atoms with E-state index in [0.717, 1.165) is 56.5 Å². The van der Waals surface area contributed by atoms with Crippen molar-refractivity contribution in [3.63, 3.8) is 0 Å². The first-order valence-corrected chi connectivity index (χ1v) is 12.3. The highest BCUT2D eigenvalue weighted by Gasteiger charge is 2.60. The highest BCUT2D eigenvalue weighted by Crippen LogP contribution is 2.63. The maximum Gasteiger partial charge on any atom is 0.261 e. The molecule has 2 spiro atoms. The highest BCUT2D eigenvalue weighted by atomic mass is 32.1. The number of nitrogens with zero attached hydrogens (tertiary/aromatic N) is 1. The Balaban J connectivity index is 1.16. The number of nitrogens with one attached hydrogen (secondary N) is 1. The Hall–Kier alpha value is -1.40. The van der Waals surface area contributed by atoms with Gasteiger partial charge in [-0.3, -0.25) is 9.59 Å². The maximum absolute atomic E-state index is 13.1. The Kier molecular flexibility index (Phi) is 4.15. The van der Waals surface area contributed by atoms with E-state index in [1.165, 1.54) is 36.1 Å². The molecule has 6 heteroatoms. The molecule has 5 aliphatic rings. The van der Waals surface area contributed by atoms with Gasteiger partial charge in [-0.15, -0.1) is 11.3 Å². The average Bonchev–Trinajstić information content (AvgIpc) is 3.55. The summed E-state index contributed by atoms with van der Waals surface area (Å²) in [6.07, 6.45) is 11.1. The second-order valence-electron chi connectivity index (χ2n) is 9.96. The van der Waals surface area contributed by atoms with E-state index >= 15 is 0 Å². The number of likely N-dealkylation sites (tertiary alicyclic amines) is 1. The van der Waals surface area contributed by atoms with E-state index in [4.69, 9.17) is 4.74 Å². The Labute approximate surface area is 176 Å². The minimum Gasteiger partial charge on any atom is -0.369 e. The average molecular weight is 415 g/mol. The van der Waals surface area contributed by atoms with Crippen LogP contribution < -0.4 is 5.32 Å². The van der Waals surface area contributed by atoms with E-state index in [1.54, 1.807) is 11.3 Å². The van der Waals surface area contributed by atoms with Crippen LogP contribution in [0.2, 0.25) is 0 Å². The summed E-state index contributed by atoms with van der Waals surface area (Å²) >= 11 is 1.62. The lowest BCUT2D eigenvalue weighted by atomic mass is 9.85. The van der Waals surface area contributed by atoms with Crippen LogP contribution in [-0.4, -0.2) is 42.5 Å². The fourth-order valence-electron chi connectivity index (χ4n) is 6.03. The van der Waals surface area contributed by atoms with Crippen molar-refractivity contribution in [2.24, 2.45) is 11.3 Å². The highest BCUT2D eigenvalue weighted by molar-refractivity contribution is 7.14. The quantitative estimate of drug-likeness (QED) is 0.822. The topological polar surface area (TPSA) is 58.6 Å². The number of hydrogen-bond donors (Lipinski definition) is 1. The number of amides is 2. The largest absolute Gasteiger partial charge is 0.369 e. The lowest BCUT2D eigenvalue weighted by Crippen LogP contribution is -2.48. The summed E-state index contributed by atoms with van der Waals surface area (Å²) in [5, 5.41) is 3.11. The number of carbonyl (C=O) groups is 2. The van der Waals surface area contributed by atoms with E-state index < -0.39 is 0 Å². The molecular formula is C23H30N2O3S. The van der Waals surface area contributed by atoms with Crippen molar-refractivity contribution in [1.29, 1.82) is 0 Å². The van der Waals surface area contributed by atoms with Gasteiger partial charge in [0.05, 0.1) is 11.5 Å². The Morgan fingerprint density at radius 1 is 1.14 bits per heavy atom. The number of thiophene rings is 1. The molecule has 3 saturated carbocycles. The fourth-order valence-corrected chi connectivity index (χ4v) is 7.34. The van der Waals surface area contributed by atoms with Crippen LogP contribution in [0.4, 0.5) is 0 Å². The van der Waals surface area contributed by atoms with Gasteiger partial charge in [0, 0.05) is 29.9 Å². The van der Waals surface area contributed by atoms with Gasteiger partial charge in [-0.2, -0.15) is 0 Å². The van der Waals surface area contributed by atoms with Gasteiger partial charge in [-0.05, 0) is 68.4 Å². The first-order chi connectivity index (χ1) is 14.1. The van der Waals surface area contributed by atoms with Gasteiger partial charge in [0.25, 0.3) is 5.91 Å². The van der Waals surface area contributed by atoms with Gasteiger partial charge in [0.2, 0.25) is 5.91 Å². The summed E-state index contributed by atoms with van der Waals surface area (Å²) in [5.41, 5.74) is 1.37. The summed E-state index contributed by atoms with van der Waals surface area (Å²) in [5.74, 6) is 0.764. The predicted molar refractivity (Wildman–Crippen MR) is 111 cm³/mol. The molecule has 1 aromatic rings. The number of ether oxygens (including phenoxy) is 1. The standard InChI is InChI=1S/C23H30N2O3S/c26-20(24-16-3-4-16)18-13-15-5-12-28-23(19(15)29-18)8-10-25(11-9-23)21(27)17-14-22(17)6-1-2-7-22/h13,16-17H,1-12,14H2,(H,24,26). The van der Waals surface area contributed by atoms with Crippen LogP contribution in [-0.2, 0) is 21.6 Å². The van der Waals surface area contributed by atoms with Gasteiger partial charge in [0.15, 0.2) is 0 Å². The van der Waals surface area contributed by atoms with Gasteiger partial charge >= 0.3 is 0 Å². The molecule has 1 aromatic heterocycles. The van der Waals surface area contributed by atoms with Crippen LogP contribution >= 0.6 is 11.3 Å². The van der Waals surface area contributed by atoms with Crippen molar-refractivity contribution in [3.8, 4) is 0 Å². The number of hydrogen-bond acceptors (Lipinski definition) is 4. The molecule has 3 heterocycles. The molecule has 0 bridgehead atoms. The smallest absolute Gasteiger partial charge is 0.261 e. The molecule has 156 valence electrons. The van der Waals surface area contributed by atoms with E-state index in [2.05, 4.69) is 16.3 Å². The molecule has 6 rings (SSSR count). The third-order valence-electron chi connectivity index (χ3n) is 8.08. The number of carbonyl (C=O) groups excluding carboxylic acids is 2. The van der Waals surface area contributed by atoms with E-state index in [9.17, 15) is 9.59 Å². The lowest BCUT2D eigenvalue weighted by molar-refractivity contribution is -0.142. The second kappa shape index (κ2) is 6.55. The van der Waals surface area contributed by atoms with Gasteiger partial charge in [-0.25, -0.2) is 0 Å². The number of fused-ring (bicyclic) bond motifs is 2. The third-order valence-corrected chi connectivity index (χ3v) is 9.44. The molecule has 5 nitrogen and oxygen atoms in total. The molecular weight excluding hydrogens is 384 g/mol. The summed E-state index contributed by atoms with van der Waals surface area (Å²) in [7, 11) is 0. The molecule has 1 saturated heterocycles. The molecule has 1 atom stereocenters. The Morgan fingerprint density at radius 3 is 2.62 bits per heavy atom. The van der Waals surface area contributed by atoms with Crippen molar-refractivity contribution in [3.05, 3.63) is 21.4 Å². The third kappa shape index (κ3) is 3.05. The van der Waals surface area contributed by atoms with Gasteiger partial charge in [0.1, 0.15) is 5.60 Å². The lowest BCUT2D eigenvalue weighted by Gasteiger charge is -2.44. The molecule has 0 aromatic carbocycles. The minimum absolute atomic E-state index is 0.0743. The molecule has 3 aliphatic carbocycles. The zero-order chi connectivity index (χ0) is 19.6. The summed E-state index contributed by atoms with van der Waals surface area (Å²) < 4.78 is 6.36. The summed E-state index contributed by atoms with van der Waals surface area (Å²) in [4.78, 5) is 29.8. The molecule has 4 fully saturated rings. The Morgan fingerprint density at radius 2 is 1.90 bits per heavy atom. The molecule has 1 N–H and O–H groups in total. The van der Waals surface area contributed by atoms with E-state index in [1.807, 2.05) is 0 Å². The number of rotatable bonds is 3. The van der Waals surface area contributed by atoms with Crippen LogP contribution in [0.3, 0.4) is 0 Å². The minimum atomic E-state index is -0.290. The van der Waals surface area contributed by atoms with E-state index in [-0.39, 0.29) is 11.5 Å². The van der Waals surface area contributed by atoms with Crippen LogP contribution in [0.25, 0.3) is 0 Å². The summed E-state index contributed by atoms with van der Waals surface area (Å²) in [6, 6.07) is 2.47. The zero-order valence-electron chi connectivity index (χ0n) is 17.0. The maximum atomic E-state index is 13.1. The van der Waals surface area contributed by atoms with Crippen molar-refractivity contribution >= 4 is 23.2 Å². The summed E-state index contributed by atoms with van der Waals surface area (Å²) in [6.45, 7) is 2.28. The van der Waals surface area contributed by atoms with E-state index in [0.29, 0.717) is 29.9 Å². The van der Waals surface area contributed by atoms with Crippen LogP contribution in [0.1, 0.15) is 77.9 Å². The Bertz CT molecular complexity index is 844. The molecule has 0 radical (unpaired) electrons. The SMILES string of the molecule is O=C(NC1CC1)c1cc2c(s1)C1(CCN(C(=O)C3CC34CCCC4)CC1)OCC2. The monoisotopic (exact) mass is 414 g/mol. The second-order valence-corrected chi connectivity index (χ2v) is 11.0. The molecule has 2 amide bonds. The molecule has 2 aliphatic heterocycles. The van der Waals surface area contributed by atoms with Gasteiger partial charge in [-0.1, -0.05) is 12.8 Å². The van der Waals surface area contributed by atoms with Crippen LogP contribution in [0.15, 0.2) is 6.07 Å². The van der Waals surface area contributed by atoms with Crippen LogP contribution in [0, 0.1) is 11.3 Å². The van der Waals surface area contributed by atoms with Crippen molar-refractivity contribution in [2.75, 3.05) is 19.7 Å². The van der Waals surface area contributed by atoms with Crippen molar-refractivity contribution in [1.82, 2.24) is 10.2 Å². The zero-order valence-corrected chi connectivity index (χ0v) is 17.8. The fraction of sp³-hybridized carbons (Fsp3) is 0.739. The van der Waals surface area contributed by atoms with Crippen LogP contribution in [0.5, 0.6) is 0 Å². The molecule has 1 unspecified atom stereocenters. The van der Waals surface area contributed by atoms with Crippen molar-refractivity contribution in [2.45, 2.75) is 75.9 Å².